The Morgan fingerprint density at radius 2 is 2.24 bits per heavy atom. The van der Waals surface area contributed by atoms with Gasteiger partial charge in [-0.2, -0.15) is 0 Å². The molecule has 0 aromatic carbocycles. The van der Waals surface area contributed by atoms with Crippen molar-refractivity contribution in [3.63, 3.8) is 0 Å². The highest BCUT2D eigenvalue weighted by Gasteiger charge is 2.42. The van der Waals surface area contributed by atoms with Crippen molar-refractivity contribution < 1.29 is 0 Å². The first kappa shape index (κ1) is 11.0. The number of hydrogen-bond acceptors (Lipinski definition) is 2. The summed E-state index contributed by atoms with van der Waals surface area (Å²) in [5.74, 6) is 1.69. The van der Waals surface area contributed by atoms with Gasteiger partial charge in [0, 0.05) is 24.0 Å². The van der Waals surface area contributed by atoms with E-state index in [0.29, 0.717) is 5.88 Å². The van der Waals surface area contributed by atoms with E-state index in [0.717, 1.165) is 29.0 Å². The zero-order valence-corrected chi connectivity index (χ0v) is 11.0. The van der Waals surface area contributed by atoms with Crippen LogP contribution in [0, 0.1) is 6.92 Å². The van der Waals surface area contributed by atoms with Gasteiger partial charge in [0.05, 0.1) is 0 Å². The zero-order chi connectivity index (χ0) is 12.0. The van der Waals surface area contributed by atoms with Crippen LogP contribution in [0.3, 0.4) is 0 Å². The molecule has 1 aliphatic carbocycles. The largest absolute Gasteiger partial charge is 0.307 e. The van der Waals surface area contributed by atoms with Crippen LogP contribution in [0.1, 0.15) is 31.2 Å². The lowest BCUT2D eigenvalue weighted by Gasteiger charge is -2.14. The second-order valence-corrected chi connectivity index (χ2v) is 5.53. The summed E-state index contributed by atoms with van der Waals surface area (Å²) in [6.07, 6.45) is 5.15. The molecule has 3 nitrogen and oxygen atoms in total. The van der Waals surface area contributed by atoms with Gasteiger partial charge in [0.15, 0.2) is 5.65 Å². The highest BCUT2D eigenvalue weighted by molar-refractivity contribution is 6.17. The second kappa shape index (κ2) is 3.70. The van der Waals surface area contributed by atoms with Crippen LogP contribution in [0.25, 0.3) is 11.2 Å². The highest BCUT2D eigenvalue weighted by atomic mass is 35.5. The number of nitrogens with zero attached hydrogens (tertiary/aromatic N) is 3. The van der Waals surface area contributed by atoms with Crippen molar-refractivity contribution in [3.8, 4) is 0 Å². The molecule has 2 heterocycles. The van der Waals surface area contributed by atoms with Gasteiger partial charge in [-0.05, 0) is 38.3 Å². The third-order valence-electron chi connectivity index (χ3n) is 3.53. The third-order valence-corrected chi connectivity index (χ3v) is 3.72. The van der Waals surface area contributed by atoms with Crippen LogP contribution in [0.5, 0.6) is 0 Å². The van der Waals surface area contributed by atoms with Gasteiger partial charge in [0.2, 0.25) is 0 Å². The maximum absolute atomic E-state index is 5.86. The molecule has 2 aromatic rings. The van der Waals surface area contributed by atoms with Crippen LogP contribution in [-0.2, 0) is 12.0 Å². The Labute approximate surface area is 106 Å². The van der Waals surface area contributed by atoms with Crippen molar-refractivity contribution >= 4 is 22.8 Å². The first-order valence-electron chi connectivity index (χ1n) is 6.04. The number of aryl methyl sites for hydroxylation is 2. The summed E-state index contributed by atoms with van der Waals surface area (Å²) in [7, 11) is 0. The molecular formula is C13H16ClN3. The third kappa shape index (κ3) is 1.73. The van der Waals surface area contributed by atoms with Gasteiger partial charge in [-0.25, -0.2) is 9.97 Å². The second-order valence-electron chi connectivity index (χ2n) is 5.15. The van der Waals surface area contributed by atoms with E-state index in [-0.39, 0.29) is 5.54 Å². The lowest BCUT2D eigenvalue weighted by atomic mass is 10.3. The zero-order valence-electron chi connectivity index (χ0n) is 10.2. The summed E-state index contributed by atoms with van der Waals surface area (Å²) in [4.78, 5) is 9.23. The molecule has 0 saturated heterocycles. The van der Waals surface area contributed by atoms with Gasteiger partial charge in [0.1, 0.15) is 11.3 Å². The van der Waals surface area contributed by atoms with Crippen molar-refractivity contribution in [2.45, 2.75) is 38.6 Å². The lowest BCUT2D eigenvalue weighted by Crippen LogP contribution is -2.16. The number of fused-ring (bicyclic) bond motifs is 1. The molecule has 1 fully saturated rings. The van der Waals surface area contributed by atoms with E-state index in [9.17, 15) is 0 Å². The van der Waals surface area contributed by atoms with Crippen LogP contribution < -0.4 is 0 Å². The fraction of sp³-hybridized carbons (Fsp3) is 0.538. The summed E-state index contributed by atoms with van der Waals surface area (Å²) in [5, 5.41) is 0. The Bertz CT molecular complexity index is 569. The quantitative estimate of drug-likeness (QED) is 0.783. The Balaban J connectivity index is 2.24. The number of imidazole rings is 1. The van der Waals surface area contributed by atoms with E-state index in [2.05, 4.69) is 27.5 Å². The normalized spacial score (nSPS) is 17.6. The highest BCUT2D eigenvalue weighted by Crippen LogP contribution is 2.45. The molecule has 0 atom stereocenters. The van der Waals surface area contributed by atoms with Crippen LogP contribution >= 0.6 is 11.6 Å². The number of hydrogen-bond donors (Lipinski definition) is 0. The summed E-state index contributed by atoms with van der Waals surface area (Å²) >= 11 is 5.86. The topological polar surface area (TPSA) is 30.7 Å². The van der Waals surface area contributed by atoms with E-state index >= 15 is 0 Å². The predicted molar refractivity (Wildman–Crippen MR) is 69.6 cm³/mol. The van der Waals surface area contributed by atoms with E-state index in [1.54, 1.807) is 0 Å². The average Bonchev–Trinajstić information content (AvgIpc) is 2.90. The van der Waals surface area contributed by atoms with Crippen molar-refractivity contribution in [1.82, 2.24) is 14.5 Å². The molecule has 0 aliphatic heterocycles. The fourth-order valence-electron chi connectivity index (χ4n) is 2.34. The molecule has 0 amide bonds. The SMILES string of the molecule is Cc1cnc2c(c1)nc(CCCl)n2C1(C)CC1. The van der Waals surface area contributed by atoms with Crippen LogP contribution in [-0.4, -0.2) is 20.4 Å². The fourth-order valence-corrected chi connectivity index (χ4v) is 2.51. The van der Waals surface area contributed by atoms with Crippen LogP contribution in [0.15, 0.2) is 12.3 Å². The Morgan fingerprint density at radius 3 is 2.88 bits per heavy atom. The average molecular weight is 250 g/mol. The summed E-state index contributed by atoms with van der Waals surface area (Å²) in [5.41, 5.74) is 3.38. The number of rotatable bonds is 3. The molecule has 0 bridgehead atoms. The standard InChI is InChI=1S/C13H16ClN3/c1-9-7-10-12(15-8-9)17(13(2)4-5-13)11(16-10)3-6-14/h7-8H,3-6H2,1-2H3. The lowest BCUT2D eigenvalue weighted by molar-refractivity contribution is 0.522. The monoisotopic (exact) mass is 249 g/mol. The smallest absolute Gasteiger partial charge is 0.160 e. The Morgan fingerprint density at radius 1 is 1.47 bits per heavy atom. The summed E-state index contributed by atoms with van der Waals surface area (Å²) in [6.45, 7) is 4.32. The number of aromatic nitrogens is 3. The van der Waals surface area contributed by atoms with Gasteiger partial charge in [-0.15, -0.1) is 11.6 Å². The van der Waals surface area contributed by atoms with Crippen molar-refractivity contribution in [1.29, 1.82) is 0 Å². The van der Waals surface area contributed by atoms with Crippen molar-refractivity contribution in [2.75, 3.05) is 5.88 Å². The molecule has 0 spiro atoms. The Hall–Kier alpha value is -1.09. The van der Waals surface area contributed by atoms with Gasteiger partial charge < -0.3 is 4.57 Å². The molecule has 1 saturated carbocycles. The molecule has 0 N–H and O–H groups in total. The van der Waals surface area contributed by atoms with Gasteiger partial charge in [-0.3, -0.25) is 0 Å². The maximum Gasteiger partial charge on any atom is 0.160 e. The van der Waals surface area contributed by atoms with Crippen molar-refractivity contribution in [3.05, 3.63) is 23.7 Å². The van der Waals surface area contributed by atoms with E-state index in [1.807, 2.05) is 13.1 Å². The van der Waals surface area contributed by atoms with Gasteiger partial charge >= 0.3 is 0 Å². The summed E-state index contributed by atoms with van der Waals surface area (Å²) in [6, 6.07) is 2.10. The maximum atomic E-state index is 5.86. The molecule has 4 heteroatoms. The molecular weight excluding hydrogens is 234 g/mol. The van der Waals surface area contributed by atoms with Crippen LogP contribution in [0.2, 0.25) is 0 Å². The summed E-state index contributed by atoms with van der Waals surface area (Å²) < 4.78 is 2.30. The first-order valence-corrected chi connectivity index (χ1v) is 6.58. The minimum atomic E-state index is 0.221. The molecule has 0 radical (unpaired) electrons. The number of halogens is 1. The minimum Gasteiger partial charge on any atom is -0.307 e. The number of pyridine rings is 1. The molecule has 2 aromatic heterocycles. The molecule has 0 unspecified atom stereocenters. The van der Waals surface area contributed by atoms with Gasteiger partial charge in [-0.1, -0.05) is 0 Å². The molecule has 17 heavy (non-hydrogen) atoms. The van der Waals surface area contributed by atoms with E-state index in [1.165, 1.54) is 12.8 Å². The van der Waals surface area contributed by atoms with Crippen molar-refractivity contribution in [2.24, 2.45) is 0 Å². The Kier molecular flexibility index (Phi) is 2.40. The number of alkyl halides is 1. The molecule has 3 rings (SSSR count). The van der Waals surface area contributed by atoms with Crippen LogP contribution in [0.4, 0.5) is 0 Å². The van der Waals surface area contributed by atoms with Gasteiger partial charge in [0.25, 0.3) is 0 Å². The predicted octanol–water partition coefficient (Wildman–Crippen LogP) is 3.03. The molecule has 1 aliphatic rings. The van der Waals surface area contributed by atoms with E-state index in [4.69, 9.17) is 11.6 Å². The molecule has 90 valence electrons. The first-order chi connectivity index (χ1) is 8.14. The minimum absolute atomic E-state index is 0.221. The van der Waals surface area contributed by atoms with E-state index < -0.39 is 0 Å².